The predicted molar refractivity (Wildman–Crippen MR) is 76.1 cm³/mol. The Bertz CT molecular complexity index is 687. The van der Waals surface area contributed by atoms with Crippen LogP contribution in [-0.4, -0.2) is 11.3 Å². The van der Waals surface area contributed by atoms with E-state index >= 15 is 0 Å². The number of fused-ring (bicyclic) bond motifs is 3. The topological polar surface area (TPSA) is 46.2 Å². The fourth-order valence-corrected chi connectivity index (χ4v) is 2.86. The third-order valence-electron chi connectivity index (χ3n) is 3.76. The molecule has 0 aliphatic heterocycles. The third-order valence-corrected chi connectivity index (χ3v) is 3.76. The lowest BCUT2D eigenvalue weighted by Gasteiger charge is -2.28. The number of rotatable bonds is 1. The van der Waals surface area contributed by atoms with E-state index in [0.29, 0.717) is 16.7 Å². The zero-order valence-electron chi connectivity index (χ0n) is 10.8. The molecule has 1 aliphatic rings. The maximum Gasteiger partial charge on any atom is 0.425 e. The molecule has 3 N–H and O–H groups in total. The van der Waals surface area contributed by atoms with E-state index in [1.165, 1.54) is 24.3 Å². The summed E-state index contributed by atoms with van der Waals surface area (Å²) >= 11 is 0. The second-order valence-electron chi connectivity index (χ2n) is 4.80. The van der Waals surface area contributed by atoms with Gasteiger partial charge in [0.25, 0.3) is 0 Å². The van der Waals surface area contributed by atoms with E-state index in [1.807, 2.05) is 0 Å². The molecule has 2 aromatic carbocycles. The van der Waals surface area contributed by atoms with Crippen LogP contribution in [0.4, 0.5) is 13.2 Å². The van der Waals surface area contributed by atoms with Crippen LogP contribution in [0, 0.1) is 0 Å². The van der Waals surface area contributed by atoms with Gasteiger partial charge < -0.3 is 10.8 Å². The fourth-order valence-electron chi connectivity index (χ4n) is 2.86. The molecule has 2 aromatic rings. The second-order valence-corrected chi connectivity index (χ2v) is 4.80. The van der Waals surface area contributed by atoms with Crippen molar-refractivity contribution in [1.82, 2.24) is 0 Å². The normalized spacial score (nSPS) is 19.7. The highest BCUT2D eigenvalue weighted by Crippen LogP contribution is 2.55. The Balaban J connectivity index is 0.00000161. The zero-order chi connectivity index (χ0) is 14.5. The molecule has 1 aliphatic carbocycles. The summed E-state index contributed by atoms with van der Waals surface area (Å²) in [6, 6.07) is 10.5. The molecule has 0 spiro atoms. The van der Waals surface area contributed by atoms with Crippen LogP contribution in [0.5, 0.6) is 0 Å². The third kappa shape index (κ3) is 1.96. The predicted octanol–water partition coefficient (Wildman–Crippen LogP) is 3.35. The number of alkyl halides is 3. The fraction of sp³-hybridized carbons (Fsp3) is 0.200. The molecule has 2 nitrogen and oxygen atoms in total. The SMILES string of the molecule is Cl.NCc1cccc2c1-c1ccccc1C2(O)C(F)(F)F. The van der Waals surface area contributed by atoms with Crippen LogP contribution in [0.1, 0.15) is 16.7 Å². The van der Waals surface area contributed by atoms with E-state index in [4.69, 9.17) is 5.73 Å². The van der Waals surface area contributed by atoms with Gasteiger partial charge in [0.15, 0.2) is 0 Å². The van der Waals surface area contributed by atoms with Crippen molar-refractivity contribution in [2.45, 2.75) is 18.3 Å². The molecule has 0 saturated heterocycles. The molecule has 0 fully saturated rings. The Morgan fingerprint density at radius 3 is 2.24 bits per heavy atom. The minimum absolute atomic E-state index is 0. The Hall–Kier alpha value is -1.56. The van der Waals surface area contributed by atoms with E-state index in [9.17, 15) is 18.3 Å². The Kier molecular flexibility index (Phi) is 3.78. The van der Waals surface area contributed by atoms with Crippen LogP contribution in [-0.2, 0) is 12.1 Å². The lowest BCUT2D eigenvalue weighted by molar-refractivity contribution is -0.246. The number of benzene rings is 2. The summed E-state index contributed by atoms with van der Waals surface area (Å²) < 4.78 is 40.4. The Morgan fingerprint density at radius 2 is 1.62 bits per heavy atom. The van der Waals surface area contributed by atoms with Crippen molar-refractivity contribution in [1.29, 1.82) is 0 Å². The van der Waals surface area contributed by atoms with Gasteiger partial charge in [-0.3, -0.25) is 0 Å². The number of aliphatic hydroxyl groups is 1. The van der Waals surface area contributed by atoms with Gasteiger partial charge in [0.2, 0.25) is 5.60 Å². The van der Waals surface area contributed by atoms with E-state index in [1.54, 1.807) is 18.2 Å². The monoisotopic (exact) mass is 315 g/mol. The summed E-state index contributed by atoms with van der Waals surface area (Å²) in [7, 11) is 0. The van der Waals surface area contributed by atoms with Gasteiger partial charge in [-0.1, -0.05) is 42.5 Å². The number of halogens is 4. The van der Waals surface area contributed by atoms with Gasteiger partial charge in [-0.05, 0) is 16.7 Å². The molecule has 112 valence electrons. The van der Waals surface area contributed by atoms with Crippen molar-refractivity contribution in [3.63, 3.8) is 0 Å². The number of hydrogen-bond donors (Lipinski definition) is 2. The molecule has 0 saturated carbocycles. The largest absolute Gasteiger partial charge is 0.425 e. The van der Waals surface area contributed by atoms with E-state index in [0.717, 1.165) is 0 Å². The van der Waals surface area contributed by atoms with Gasteiger partial charge in [0.1, 0.15) is 0 Å². The van der Waals surface area contributed by atoms with Crippen LogP contribution in [0.15, 0.2) is 42.5 Å². The Morgan fingerprint density at radius 1 is 1.00 bits per heavy atom. The van der Waals surface area contributed by atoms with Crippen LogP contribution >= 0.6 is 12.4 Å². The van der Waals surface area contributed by atoms with Crippen molar-refractivity contribution >= 4 is 12.4 Å². The Labute approximate surface area is 125 Å². The van der Waals surface area contributed by atoms with Crippen molar-refractivity contribution in [2.24, 2.45) is 5.73 Å². The molecule has 0 bridgehead atoms. The highest BCUT2D eigenvalue weighted by atomic mass is 35.5. The van der Waals surface area contributed by atoms with Gasteiger partial charge in [0, 0.05) is 17.7 Å². The van der Waals surface area contributed by atoms with Crippen molar-refractivity contribution in [2.75, 3.05) is 0 Å². The average molecular weight is 316 g/mol. The summed E-state index contributed by atoms with van der Waals surface area (Å²) in [5.41, 5.74) is 3.75. The first-order chi connectivity index (χ1) is 9.41. The van der Waals surface area contributed by atoms with Crippen LogP contribution in [0.3, 0.4) is 0 Å². The summed E-state index contributed by atoms with van der Waals surface area (Å²) in [5, 5.41) is 10.4. The highest BCUT2D eigenvalue weighted by Gasteiger charge is 2.60. The summed E-state index contributed by atoms with van der Waals surface area (Å²) in [5.74, 6) is 0. The van der Waals surface area contributed by atoms with E-state index < -0.39 is 11.8 Å². The molecule has 0 aromatic heterocycles. The van der Waals surface area contributed by atoms with Gasteiger partial charge in [0.05, 0.1) is 0 Å². The number of hydrogen-bond acceptors (Lipinski definition) is 2. The van der Waals surface area contributed by atoms with Gasteiger partial charge >= 0.3 is 6.18 Å². The van der Waals surface area contributed by atoms with Crippen molar-refractivity contribution in [3.05, 3.63) is 59.2 Å². The first-order valence-corrected chi connectivity index (χ1v) is 6.12. The summed E-state index contributed by atoms with van der Waals surface area (Å²) in [4.78, 5) is 0. The lowest BCUT2D eigenvalue weighted by Crippen LogP contribution is -2.41. The van der Waals surface area contributed by atoms with Crippen LogP contribution in [0.2, 0.25) is 0 Å². The van der Waals surface area contributed by atoms with Crippen molar-refractivity contribution in [3.8, 4) is 11.1 Å². The maximum atomic E-state index is 13.5. The summed E-state index contributed by atoms with van der Waals surface area (Å²) in [6.45, 7) is 0.117. The molecule has 0 heterocycles. The first kappa shape index (κ1) is 15.8. The quantitative estimate of drug-likeness (QED) is 0.848. The molecule has 0 radical (unpaired) electrons. The molecule has 6 heteroatoms. The zero-order valence-corrected chi connectivity index (χ0v) is 11.6. The molecule has 1 unspecified atom stereocenters. The minimum Gasteiger partial charge on any atom is -0.372 e. The smallest absolute Gasteiger partial charge is 0.372 e. The van der Waals surface area contributed by atoms with Crippen molar-refractivity contribution < 1.29 is 18.3 Å². The first-order valence-electron chi connectivity index (χ1n) is 6.12. The number of nitrogens with two attached hydrogens (primary N) is 1. The van der Waals surface area contributed by atoms with Gasteiger partial charge in [-0.2, -0.15) is 13.2 Å². The molecular weight excluding hydrogens is 303 g/mol. The van der Waals surface area contributed by atoms with Crippen LogP contribution < -0.4 is 5.73 Å². The molecule has 1 atom stereocenters. The molecular formula is C15H13ClF3NO. The highest BCUT2D eigenvalue weighted by molar-refractivity contribution is 5.85. The minimum atomic E-state index is -4.79. The molecule has 0 amide bonds. The van der Waals surface area contributed by atoms with Crippen LogP contribution in [0.25, 0.3) is 11.1 Å². The average Bonchev–Trinajstić information content (AvgIpc) is 2.70. The lowest BCUT2D eigenvalue weighted by atomic mass is 9.90. The maximum absolute atomic E-state index is 13.5. The second kappa shape index (κ2) is 5.02. The molecule has 3 rings (SSSR count). The standard InChI is InChI=1S/C15H12F3NO.ClH/c16-15(17,18)14(20)11-6-2-1-5-10(11)13-9(8-19)4-3-7-12(13)14;/h1-7,20H,8,19H2;1H. The summed E-state index contributed by atoms with van der Waals surface area (Å²) in [6.07, 6.45) is -4.79. The van der Waals surface area contributed by atoms with E-state index in [2.05, 4.69) is 0 Å². The molecule has 21 heavy (non-hydrogen) atoms. The van der Waals surface area contributed by atoms with E-state index in [-0.39, 0.29) is 30.1 Å². The van der Waals surface area contributed by atoms with Gasteiger partial charge in [-0.25, -0.2) is 0 Å². The van der Waals surface area contributed by atoms with Gasteiger partial charge in [-0.15, -0.1) is 12.4 Å².